The molecule has 4 rings (SSSR count). The van der Waals surface area contributed by atoms with Crippen LogP contribution >= 0.6 is 11.6 Å². The van der Waals surface area contributed by atoms with Crippen molar-refractivity contribution in [2.75, 3.05) is 19.8 Å². The SMILES string of the molecule is CCOc1ccc(Cc2cc(C3OC(CO)C(O)C(O)C3O)c3c(c2Cl)C(C)(C)CO3)cc1. The van der Waals surface area contributed by atoms with Gasteiger partial charge in [0.25, 0.3) is 0 Å². The summed E-state index contributed by atoms with van der Waals surface area (Å²) in [4.78, 5) is 0. The summed E-state index contributed by atoms with van der Waals surface area (Å²) in [5.74, 6) is 1.31. The van der Waals surface area contributed by atoms with Gasteiger partial charge >= 0.3 is 0 Å². The van der Waals surface area contributed by atoms with Gasteiger partial charge in [-0.2, -0.15) is 0 Å². The summed E-state index contributed by atoms with van der Waals surface area (Å²) < 4.78 is 17.4. The minimum absolute atomic E-state index is 0.371. The Kier molecular flexibility index (Phi) is 6.92. The molecule has 2 aromatic rings. The van der Waals surface area contributed by atoms with Crippen LogP contribution in [-0.4, -0.2) is 64.7 Å². The van der Waals surface area contributed by atoms with Crippen molar-refractivity contribution < 1.29 is 34.6 Å². The highest BCUT2D eigenvalue weighted by molar-refractivity contribution is 6.32. The first-order valence-corrected chi connectivity index (χ1v) is 11.6. The molecule has 0 saturated carbocycles. The average molecular weight is 479 g/mol. The van der Waals surface area contributed by atoms with E-state index in [1.54, 1.807) is 0 Å². The predicted molar refractivity (Wildman–Crippen MR) is 123 cm³/mol. The van der Waals surface area contributed by atoms with E-state index in [4.69, 9.17) is 25.8 Å². The maximum Gasteiger partial charge on any atom is 0.130 e. The summed E-state index contributed by atoms with van der Waals surface area (Å²) in [6.45, 7) is 6.49. The normalized spacial score (nSPS) is 28.3. The standard InChI is InChI=1S/C25H31ClO7/c1-4-31-15-7-5-13(6-8-15)9-14-10-16(23-18(19(14)26)25(2,3)12-32-23)24-22(30)21(29)20(28)17(11-27)33-24/h5-8,10,17,20-22,24,27-30H,4,9,11-12H2,1-3H3. The van der Waals surface area contributed by atoms with Crippen LogP contribution in [-0.2, 0) is 16.6 Å². The fourth-order valence-corrected chi connectivity index (χ4v) is 5.06. The smallest absolute Gasteiger partial charge is 0.130 e. The Morgan fingerprint density at radius 1 is 1.09 bits per heavy atom. The van der Waals surface area contributed by atoms with Crippen molar-refractivity contribution in [2.24, 2.45) is 0 Å². The van der Waals surface area contributed by atoms with E-state index < -0.39 is 37.1 Å². The minimum atomic E-state index is -1.48. The van der Waals surface area contributed by atoms with Crippen LogP contribution in [0.5, 0.6) is 11.5 Å². The van der Waals surface area contributed by atoms with E-state index in [1.165, 1.54) is 0 Å². The molecule has 0 aliphatic carbocycles. The minimum Gasteiger partial charge on any atom is -0.494 e. The topological polar surface area (TPSA) is 109 Å². The summed E-state index contributed by atoms with van der Waals surface area (Å²) in [6.07, 6.45) is -5.79. The van der Waals surface area contributed by atoms with E-state index in [2.05, 4.69) is 0 Å². The van der Waals surface area contributed by atoms with Gasteiger partial charge in [0, 0.05) is 16.5 Å². The van der Waals surface area contributed by atoms with Crippen LogP contribution in [0, 0.1) is 0 Å². The highest BCUT2D eigenvalue weighted by Crippen LogP contribution is 2.50. The van der Waals surface area contributed by atoms with Gasteiger partial charge in [0.15, 0.2) is 0 Å². The van der Waals surface area contributed by atoms with Gasteiger partial charge in [-0.1, -0.05) is 37.6 Å². The van der Waals surface area contributed by atoms with E-state index >= 15 is 0 Å². The highest BCUT2D eigenvalue weighted by atomic mass is 35.5. The molecule has 4 N–H and O–H groups in total. The predicted octanol–water partition coefficient (Wildman–Crippen LogP) is 2.51. The number of rotatable bonds is 6. The molecule has 0 radical (unpaired) electrons. The van der Waals surface area contributed by atoms with Crippen molar-refractivity contribution in [3.8, 4) is 11.5 Å². The Balaban J connectivity index is 1.77. The molecule has 0 aromatic heterocycles. The summed E-state index contributed by atoms with van der Waals surface area (Å²) >= 11 is 6.89. The van der Waals surface area contributed by atoms with Crippen molar-refractivity contribution in [2.45, 2.75) is 63.1 Å². The van der Waals surface area contributed by atoms with Gasteiger partial charge in [0.05, 0.1) is 24.8 Å². The summed E-state index contributed by atoms with van der Waals surface area (Å²) in [5, 5.41) is 41.5. The van der Waals surface area contributed by atoms with Gasteiger partial charge in [-0.3, -0.25) is 0 Å². The van der Waals surface area contributed by atoms with Crippen LogP contribution in [0.4, 0.5) is 0 Å². The second kappa shape index (κ2) is 9.41. The Hall–Kier alpha value is -1.87. The molecule has 0 bridgehead atoms. The lowest BCUT2D eigenvalue weighted by molar-refractivity contribution is -0.232. The zero-order valence-electron chi connectivity index (χ0n) is 19.0. The van der Waals surface area contributed by atoms with Crippen LogP contribution in [0.15, 0.2) is 30.3 Å². The van der Waals surface area contributed by atoms with Gasteiger partial charge < -0.3 is 34.6 Å². The third kappa shape index (κ3) is 4.46. The van der Waals surface area contributed by atoms with E-state index in [0.29, 0.717) is 36.0 Å². The molecule has 2 aliphatic rings. The molecule has 8 heteroatoms. The molecule has 0 spiro atoms. The average Bonchev–Trinajstić information content (AvgIpc) is 3.11. The van der Waals surface area contributed by atoms with Crippen molar-refractivity contribution in [3.05, 3.63) is 57.6 Å². The summed E-state index contributed by atoms with van der Waals surface area (Å²) in [6, 6.07) is 9.59. The summed E-state index contributed by atoms with van der Waals surface area (Å²) in [7, 11) is 0. The van der Waals surface area contributed by atoms with Gasteiger partial charge in [-0.05, 0) is 42.7 Å². The number of aliphatic hydroxyl groups is 4. The van der Waals surface area contributed by atoms with Crippen LogP contribution in [0.3, 0.4) is 0 Å². The molecule has 2 aromatic carbocycles. The molecule has 5 unspecified atom stereocenters. The van der Waals surface area contributed by atoms with E-state index in [0.717, 1.165) is 22.4 Å². The summed E-state index contributed by atoms with van der Waals surface area (Å²) in [5.41, 5.74) is 2.84. The van der Waals surface area contributed by atoms with Crippen LogP contribution in [0.25, 0.3) is 0 Å². The molecule has 33 heavy (non-hydrogen) atoms. The molecule has 2 heterocycles. The number of benzene rings is 2. The first-order valence-electron chi connectivity index (χ1n) is 11.2. The van der Waals surface area contributed by atoms with Gasteiger partial charge in [-0.25, -0.2) is 0 Å². The molecule has 2 aliphatic heterocycles. The van der Waals surface area contributed by atoms with Crippen LogP contribution < -0.4 is 9.47 Å². The number of hydrogen-bond donors (Lipinski definition) is 4. The van der Waals surface area contributed by atoms with Crippen molar-refractivity contribution in [1.82, 2.24) is 0 Å². The molecule has 0 amide bonds. The second-order valence-corrected chi connectivity index (χ2v) is 9.70. The maximum atomic E-state index is 10.7. The lowest BCUT2D eigenvalue weighted by Crippen LogP contribution is -2.55. The quantitative estimate of drug-likeness (QED) is 0.505. The van der Waals surface area contributed by atoms with E-state index in [1.807, 2.05) is 51.1 Å². The number of hydrogen-bond acceptors (Lipinski definition) is 7. The molecular weight excluding hydrogens is 448 g/mol. The highest BCUT2D eigenvalue weighted by Gasteiger charge is 2.47. The van der Waals surface area contributed by atoms with Crippen molar-refractivity contribution in [1.29, 1.82) is 0 Å². The number of aliphatic hydroxyl groups excluding tert-OH is 4. The molecule has 1 saturated heterocycles. The third-order valence-electron chi connectivity index (χ3n) is 6.40. The Morgan fingerprint density at radius 3 is 2.42 bits per heavy atom. The Bertz CT molecular complexity index is 989. The van der Waals surface area contributed by atoms with E-state index in [9.17, 15) is 20.4 Å². The molecule has 1 fully saturated rings. The van der Waals surface area contributed by atoms with Gasteiger partial charge in [0.2, 0.25) is 0 Å². The van der Waals surface area contributed by atoms with Crippen LogP contribution in [0.2, 0.25) is 5.02 Å². The lowest BCUT2D eigenvalue weighted by atomic mass is 9.82. The fourth-order valence-electron chi connectivity index (χ4n) is 4.59. The first-order chi connectivity index (χ1) is 15.7. The maximum absolute atomic E-state index is 10.7. The second-order valence-electron chi connectivity index (χ2n) is 9.32. The number of ether oxygens (including phenoxy) is 3. The van der Waals surface area contributed by atoms with E-state index in [-0.39, 0.29) is 5.41 Å². The largest absolute Gasteiger partial charge is 0.494 e. The number of halogens is 1. The van der Waals surface area contributed by atoms with Crippen LogP contribution in [0.1, 0.15) is 49.1 Å². The Labute approximate surface area is 198 Å². The monoisotopic (exact) mass is 478 g/mol. The zero-order chi connectivity index (χ0) is 23.9. The van der Waals surface area contributed by atoms with Gasteiger partial charge in [0.1, 0.15) is 42.0 Å². The fraction of sp³-hybridized carbons (Fsp3) is 0.520. The lowest BCUT2D eigenvalue weighted by Gasteiger charge is -2.40. The van der Waals surface area contributed by atoms with Crippen molar-refractivity contribution in [3.63, 3.8) is 0 Å². The van der Waals surface area contributed by atoms with Crippen molar-refractivity contribution >= 4 is 11.6 Å². The zero-order valence-corrected chi connectivity index (χ0v) is 19.7. The molecule has 180 valence electrons. The molecule has 7 nitrogen and oxygen atoms in total. The molecule has 5 atom stereocenters. The Morgan fingerprint density at radius 2 is 1.79 bits per heavy atom. The third-order valence-corrected chi connectivity index (χ3v) is 6.83. The first kappa shape index (κ1) is 24.3. The number of fused-ring (bicyclic) bond motifs is 1. The molecular formula is C25H31ClO7. The van der Waals surface area contributed by atoms with Gasteiger partial charge in [-0.15, -0.1) is 0 Å².